The van der Waals surface area contributed by atoms with Gasteiger partial charge in [0.2, 0.25) is 0 Å². The first-order valence-electron chi connectivity index (χ1n) is 8.11. The van der Waals surface area contributed by atoms with Crippen molar-refractivity contribution < 1.29 is 9.59 Å². The fourth-order valence-corrected chi connectivity index (χ4v) is 2.35. The average Bonchev–Trinajstić information content (AvgIpc) is 3.17. The predicted molar refractivity (Wildman–Crippen MR) is 97.0 cm³/mol. The van der Waals surface area contributed by atoms with Gasteiger partial charge in [-0.25, -0.2) is 0 Å². The highest BCUT2D eigenvalue weighted by Gasteiger charge is 2.12. The van der Waals surface area contributed by atoms with Crippen LogP contribution in [0.2, 0.25) is 0 Å². The van der Waals surface area contributed by atoms with Gasteiger partial charge in [-0.2, -0.15) is 9.90 Å². The van der Waals surface area contributed by atoms with Crippen molar-refractivity contribution in [3.05, 3.63) is 77.6 Å². The molecule has 0 saturated carbocycles. The third kappa shape index (κ3) is 3.94. The van der Waals surface area contributed by atoms with Crippen LogP contribution in [0.15, 0.2) is 60.8 Å². The molecule has 7 nitrogen and oxygen atoms in total. The Kier molecular flexibility index (Phi) is 5.07. The van der Waals surface area contributed by atoms with Crippen molar-refractivity contribution in [2.45, 2.75) is 6.54 Å². The number of rotatable bonds is 5. The molecule has 1 aromatic heterocycles. The molecule has 0 aliphatic carbocycles. The van der Waals surface area contributed by atoms with Crippen molar-refractivity contribution in [3.8, 4) is 5.69 Å². The Morgan fingerprint density at radius 3 is 2.38 bits per heavy atom. The molecule has 0 radical (unpaired) electrons. The maximum Gasteiger partial charge on any atom is 0.273 e. The molecule has 26 heavy (non-hydrogen) atoms. The monoisotopic (exact) mass is 349 g/mol. The van der Waals surface area contributed by atoms with E-state index in [4.69, 9.17) is 0 Å². The summed E-state index contributed by atoms with van der Waals surface area (Å²) in [5.74, 6) is -0.362. The minimum atomic E-state index is -0.305. The number of nitrogens with zero attached hydrogens (tertiary/aromatic N) is 4. The summed E-state index contributed by atoms with van der Waals surface area (Å²) in [5.41, 5.74) is 2.53. The van der Waals surface area contributed by atoms with Gasteiger partial charge < -0.3 is 10.2 Å². The molecule has 2 amide bonds. The maximum absolute atomic E-state index is 12.2. The highest BCUT2D eigenvalue weighted by molar-refractivity contribution is 5.94. The summed E-state index contributed by atoms with van der Waals surface area (Å²) < 4.78 is 0. The second kappa shape index (κ2) is 7.60. The standard InChI is InChI=1S/C19H19N5O2/c1-23(2)19(26)15-10-8-14(9-11-15)12-20-18(25)17-13-21-24(22-17)16-6-4-3-5-7-16/h3-11,13H,12H2,1-2H3,(H,20,25). The molecule has 0 atom stereocenters. The molecule has 0 unspecified atom stereocenters. The first-order chi connectivity index (χ1) is 12.5. The van der Waals surface area contributed by atoms with Crippen LogP contribution in [-0.2, 0) is 6.54 Å². The van der Waals surface area contributed by atoms with Crippen LogP contribution in [0.25, 0.3) is 5.69 Å². The van der Waals surface area contributed by atoms with Crippen molar-refractivity contribution in [2.24, 2.45) is 0 Å². The SMILES string of the molecule is CN(C)C(=O)c1ccc(CNC(=O)c2cnn(-c3ccccc3)n2)cc1. The van der Waals surface area contributed by atoms with Crippen LogP contribution >= 0.6 is 0 Å². The van der Waals surface area contributed by atoms with Crippen molar-refractivity contribution in [1.29, 1.82) is 0 Å². The second-order valence-corrected chi connectivity index (χ2v) is 5.93. The van der Waals surface area contributed by atoms with Crippen LogP contribution in [0.1, 0.15) is 26.4 Å². The van der Waals surface area contributed by atoms with Crippen LogP contribution in [-0.4, -0.2) is 45.8 Å². The van der Waals surface area contributed by atoms with Gasteiger partial charge >= 0.3 is 0 Å². The van der Waals surface area contributed by atoms with Crippen molar-refractivity contribution in [2.75, 3.05) is 14.1 Å². The summed E-state index contributed by atoms with van der Waals surface area (Å²) in [5, 5.41) is 11.1. The predicted octanol–water partition coefficient (Wildman–Crippen LogP) is 1.90. The first kappa shape index (κ1) is 17.3. The molecule has 1 heterocycles. The molecule has 0 spiro atoms. The highest BCUT2D eigenvalue weighted by Crippen LogP contribution is 2.07. The van der Waals surface area contributed by atoms with E-state index < -0.39 is 0 Å². The summed E-state index contributed by atoms with van der Waals surface area (Å²) in [6, 6.07) is 16.5. The molecule has 132 valence electrons. The zero-order valence-electron chi connectivity index (χ0n) is 14.6. The number of aromatic nitrogens is 3. The van der Waals surface area contributed by atoms with Gasteiger partial charge in [0.25, 0.3) is 11.8 Å². The van der Waals surface area contributed by atoms with E-state index in [0.29, 0.717) is 12.1 Å². The molecule has 0 saturated heterocycles. The van der Waals surface area contributed by atoms with E-state index in [-0.39, 0.29) is 17.5 Å². The molecule has 1 N–H and O–H groups in total. The summed E-state index contributed by atoms with van der Waals surface area (Å²) in [4.78, 5) is 27.0. The van der Waals surface area contributed by atoms with Crippen LogP contribution in [0.3, 0.4) is 0 Å². The largest absolute Gasteiger partial charge is 0.347 e. The first-order valence-corrected chi connectivity index (χ1v) is 8.11. The van der Waals surface area contributed by atoms with Gasteiger partial charge in [0.15, 0.2) is 5.69 Å². The number of hydrogen-bond donors (Lipinski definition) is 1. The zero-order valence-corrected chi connectivity index (χ0v) is 14.6. The van der Waals surface area contributed by atoms with Gasteiger partial charge in [-0.3, -0.25) is 9.59 Å². The van der Waals surface area contributed by atoms with E-state index in [1.165, 1.54) is 15.9 Å². The minimum Gasteiger partial charge on any atom is -0.347 e. The number of carbonyl (C=O) groups excluding carboxylic acids is 2. The third-order valence-electron chi connectivity index (χ3n) is 3.77. The van der Waals surface area contributed by atoms with E-state index in [2.05, 4.69) is 15.5 Å². The van der Waals surface area contributed by atoms with E-state index in [1.807, 2.05) is 42.5 Å². The molecule has 3 rings (SSSR count). The lowest BCUT2D eigenvalue weighted by Gasteiger charge is -2.10. The lowest BCUT2D eigenvalue weighted by Crippen LogP contribution is -2.24. The molecule has 0 aliphatic rings. The van der Waals surface area contributed by atoms with Crippen LogP contribution in [0, 0.1) is 0 Å². The van der Waals surface area contributed by atoms with Gasteiger partial charge in [0.1, 0.15) is 0 Å². The molecular weight excluding hydrogens is 330 g/mol. The fraction of sp³-hybridized carbons (Fsp3) is 0.158. The molecule has 2 aromatic carbocycles. The summed E-state index contributed by atoms with van der Waals surface area (Å²) in [6.45, 7) is 0.341. The van der Waals surface area contributed by atoms with Crippen molar-refractivity contribution in [1.82, 2.24) is 25.2 Å². The van der Waals surface area contributed by atoms with E-state index in [9.17, 15) is 9.59 Å². The number of para-hydroxylation sites is 1. The summed E-state index contributed by atoms with van der Waals surface area (Å²) >= 11 is 0. The molecular formula is C19H19N5O2. The number of amides is 2. The smallest absolute Gasteiger partial charge is 0.273 e. The minimum absolute atomic E-state index is 0.0573. The maximum atomic E-state index is 12.2. The highest BCUT2D eigenvalue weighted by atomic mass is 16.2. The van der Waals surface area contributed by atoms with Crippen LogP contribution in [0.5, 0.6) is 0 Å². The van der Waals surface area contributed by atoms with Crippen molar-refractivity contribution in [3.63, 3.8) is 0 Å². The van der Waals surface area contributed by atoms with Gasteiger partial charge in [-0.1, -0.05) is 30.3 Å². The molecule has 7 heteroatoms. The quantitative estimate of drug-likeness (QED) is 0.763. The van der Waals surface area contributed by atoms with Gasteiger partial charge in [-0.15, -0.1) is 5.10 Å². The Labute approximate surface area is 151 Å². The lowest BCUT2D eigenvalue weighted by molar-refractivity contribution is 0.0827. The lowest BCUT2D eigenvalue weighted by atomic mass is 10.1. The van der Waals surface area contributed by atoms with Gasteiger partial charge in [-0.05, 0) is 29.8 Å². The average molecular weight is 349 g/mol. The van der Waals surface area contributed by atoms with E-state index in [0.717, 1.165) is 11.3 Å². The molecule has 0 fully saturated rings. The van der Waals surface area contributed by atoms with Crippen LogP contribution in [0.4, 0.5) is 0 Å². The molecule has 0 bridgehead atoms. The number of nitrogens with one attached hydrogen (secondary N) is 1. The Balaban J connectivity index is 1.61. The Morgan fingerprint density at radius 2 is 1.73 bits per heavy atom. The van der Waals surface area contributed by atoms with Crippen LogP contribution < -0.4 is 5.32 Å². The summed E-state index contributed by atoms with van der Waals surface area (Å²) in [7, 11) is 3.41. The zero-order chi connectivity index (χ0) is 18.5. The van der Waals surface area contributed by atoms with E-state index in [1.54, 1.807) is 26.2 Å². The van der Waals surface area contributed by atoms with Gasteiger partial charge in [0.05, 0.1) is 11.9 Å². The normalized spacial score (nSPS) is 10.4. The Morgan fingerprint density at radius 1 is 1.04 bits per heavy atom. The fourth-order valence-electron chi connectivity index (χ4n) is 2.35. The molecule has 3 aromatic rings. The third-order valence-corrected chi connectivity index (χ3v) is 3.77. The Bertz CT molecular complexity index is 901. The van der Waals surface area contributed by atoms with E-state index >= 15 is 0 Å². The molecule has 0 aliphatic heterocycles. The Hall–Kier alpha value is -3.48. The van der Waals surface area contributed by atoms with Gasteiger partial charge in [0, 0.05) is 26.2 Å². The summed E-state index contributed by atoms with van der Waals surface area (Å²) in [6.07, 6.45) is 1.43. The van der Waals surface area contributed by atoms with Crippen molar-refractivity contribution >= 4 is 11.8 Å². The number of carbonyl (C=O) groups is 2. The second-order valence-electron chi connectivity index (χ2n) is 5.93. The topological polar surface area (TPSA) is 80.1 Å². The number of benzene rings is 2. The number of hydrogen-bond acceptors (Lipinski definition) is 4.